The number of ketones is 1. The average Bonchev–Trinajstić information content (AvgIpc) is 3.51. The fourth-order valence-electron chi connectivity index (χ4n) is 12.7. The third kappa shape index (κ3) is 8.87. The molecule has 0 aromatic rings. The van der Waals surface area contributed by atoms with E-state index in [1.807, 2.05) is 39.0 Å². The maximum Gasteiger partial charge on any atom is 0.407 e. The lowest BCUT2D eigenvalue weighted by Crippen LogP contribution is -2.65. The van der Waals surface area contributed by atoms with Crippen molar-refractivity contribution < 1.29 is 77.4 Å². The maximum atomic E-state index is 15.3. The van der Waals surface area contributed by atoms with Crippen molar-refractivity contribution in [3.8, 4) is 0 Å². The van der Waals surface area contributed by atoms with Crippen LogP contribution < -0.4 is 5.32 Å². The molecule has 7 rings (SSSR count). The van der Waals surface area contributed by atoms with Crippen molar-refractivity contribution in [1.82, 2.24) is 5.32 Å². The molecule has 4 aliphatic carbocycles. The van der Waals surface area contributed by atoms with E-state index in [9.17, 15) is 44.6 Å². The van der Waals surface area contributed by atoms with E-state index in [-0.39, 0.29) is 30.3 Å². The van der Waals surface area contributed by atoms with Crippen molar-refractivity contribution in [2.75, 3.05) is 7.11 Å². The molecule has 2 unspecified atom stereocenters. The Hall–Kier alpha value is -4.79. The predicted octanol–water partition coefficient (Wildman–Crippen LogP) is 4.51. The smallest absolute Gasteiger partial charge is 0.407 e. The summed E-state index contributed by atoms with van der Waals surface area (Å²) in [5.41, 5.74) is -5.50. The second kappa shape index (κ2) is 19.2. The molecule has 19 heteroatoms. The number of esters is 2. The summed E-state index contributed by atoms with van der Waals surface area (Å²) >= 11 is 0. The zero-order valence-corrected chi connectivity index (χ0v) is 40.2. The lowest BCUT2D eigenvalue weighted by molar-refractivity contribution is -0.584. The number of ether oxygens (including phenoxy) is 7. The van der Waals surface area contributed by atoms with Gasteiger partial charge < -0.3 is 53.8 Å². The third-order valence-corrected chi connectivity index (χ3v) is 16.0. The molecule has 1 spiro atoms. The lowest BCUT2D eigenvalue weighted by atomic mass is 9.48. The Kier molecular flexibility index (Phi) is 14.4. The minimum atomic E-state index is -2.17. The van der Waals surface area contributed by atoms with E-state index in [0.29, 0.717) is 18.3 Å². The first-order valence-electron chi connectivity index (χ1n) is 23.5. The van der Waals surface area contributed by atoms with Gasteiger partial charge in [0.1, 0.15) is 35.9 Å². The molecule has 7 aliphatic rings. The summed E-state index contributed by atoms with van der Waals surface area (Å²) < 4.78 is 42.0. The number of alkyl carbamates (subject to hydrolysis) is 1. The molecule has 3 heterocycles. The summed E-state index contributed by atoms with van der Waals surface area (Å²) in [6, 6.07) is -1.11. The summed E-state index contributed by atoms with van der Waals surface area (Å²) in [4.78, 5) is 78.5. The van der Waals surface area contributed by atoms with Gasteiger partial charge in [-0.2, -0.15) is 0 Å². The Labute approximate surface area is 395 Å². The quantitative estimate of drug-likeness (QED) is 0.0496. The van der Waals surface area contributed by atoms with Crippen LogP contribution in [-0.2, 0) is 52.3 Å². The molecule has 19 nitrogen and oxygen atoms in total. The summed E-state index contributed by atoms with van der Waals surface area (Å²) in [7, 11) is 1.14. The average molecular weight is 955 g/mol. The largest absolute Gasteiger partial charge is 0.511 e. The molecule has 68 heavy (non-hydrogen) atoms. The van der Waals surface area contributed by atoms with Crippen LogP contribution in [0, 0.1) is 57.0 Å². The highest BCUT2D eigenvalue weighted by atomic mass is 16.7. The molecular weight excluding hydrogens is 889 g/mol. The standard InChI is InChI=1S/C49H66N2O17/c1-22-11-14-34(66-37-20-47(8,51(60)61)42(27(6)64-37)50-46(59)62-10)23(2)16-32-33(54)17-29(21-52)19-49(32)44(57)38(45(58)68-49)43(56)48(9)31(22)13-12-30-39(48)24(3)15-25(4)41(30)67-36-18-35(65-28(7)53)40(55)26(5)63-36/h11-14,16-17,21-22,24-27,30-37,39-42,54-56H,15,18-20H2,1-10H3,(H,50,59)/t22?,24-,25-,26-,27+,30-,31-,32+,33-,34-,35+,36-,37-,39+,40-,41-,42-,47-,48+,49?/m0/s1. The number of aldehydes is 1. The first-order chi connectivity index (χ1) is 31.9. The molecule has 1 amide bonds. The van der Waals surface area contributed by atoms with Crippen LogP contribution in [0.1, 0.15) is 88.0 Å². The lowest BCUT2D eigenvalue weighted by Gasteiger charge is -2.57. The Bertz CT molecular complexity index is 2200. The minimum absolute atomic E-state index is 0.00782. The van der Waals surface area contributed by atoms with Gasteiger partial charge in [-0.15, -0.1) is 0 Å². The van der Waals surface area contributed by atoms with Crippen LogP contribution in [-0.4, -0.2) is 130 Å². The molecule has 2 bridgehead atoms. The summed E-state index contributed by atoms with van der Waals surface area (Å²) in [6.45, 7) is 15.4. The molecule has 20 atom stereocenters. The number of amides is 1. The number of hydrogen-bond donors (Lipinski definition) is 4. The Morgan fingerprint density at radius 3 is 2.28 bits per heavy atom. The second-order valence-electron chi connectivity index (χ2n) is 20.5. The van der Waals surface area contributed by atoms with Crippen molar-refractivity contribution in [2.24, 2.45) is 46.8 Å². The molecule has 0 aromatic heterocycles. The number of carbonyl (C=O) groups is 5. The number of allylic oxidation sites excluding steroid dienone is 3. The van der Waals surface area contributed by atoms with E-state index in [1.165, 1.54) is 26.0 Å². The van der Waals surface area contributed by atoms with Crippen LogP contribution >= 0.6 is 0 Å². The molecule has 0 radical (unpaired) electrons. The third-order valence-electron chi connectivity index (χ3n) is 16.0. The van der Waals surface area contributed by atoms with Gasteiger partial charge in [0.05, 0.1) is 50.0 Å². The summed E-state index contributed by atoms with van der Waals surface area (Å²) in [6.07, 6.45) is 1.14. The minimum Gasteiger partial charge on any atom is -0.511 e. The number of rotatable bonds is 8. The van der Waals surface area contributed by atoms with Crippen LogP contribution in [0.2, 0.25) is 0 Å². The normalized spacial score (nSPS) is 44.8. The van der Waals surface area contributed by atoms with Gasteiger partial charge in [0.2, 0.25) is 11.3 Å². The number of nitrogens with zero attached hydrogens (tertiary/aromatic N) is 1. The molecule has 4 N–H and O–H groups in total. The molecule has 1 saturated carbocycles. The van der Waals surface area contributed by atoms with Gasteiger partial charge in [-0.1, -0.05) is 58.1 Å². The molecule has 4 fully saturated rings. The highest BCUT2D eigenvalue weighted by Crippen LogP contribution is 2.61. The Morgan fingerprint density at radius 1 is 0.941 bits per heavy atom. The second-order valence-corrected chi connectivity index (χ2v) is 20.5. The molecule has 374 valence electrons. The van der Waals surface area contributed by atoms with Crippen LogP contribution in [0.15, 0.2) is 58.9 Å². The number of fused-ring (bicyclic) bond motifs is 4. The SMILES string of the molecule is COC(=O)N[C@H]1[C@@H](C)O[C@@H](O[C@H]2C=CC(C)[C@@H]3C=C[C@@H]4[C@@H](O[C@H]5C[C@@H](OC(C)=O)[C@@H](O)[C@H](C)O5)[C@@H](C)C[C@H](C)[C@H]4[C@]3(C)C(O)=C3C(=O)OC4(CC(C=O)=C[C@H](O)[C@H]4C=C2C)C3=O)C[C@]1(C)[N+](=O)[O-]. The topological polar surface area (TPSA) is 266 Å². The Morgan fingerprint density at radius 2 is 1.63 bits per heavy atom. The van der Waals surface area contributed by atoms with E-state index in [0.717, 1.165) is 7.11 Å². The zero-order valence-electron chi connectivity index (χ0n) is 40.2. The van der Waals surface area contributed by atoms with Gasteiger partial charge in [0.15, 0.2) is 18.2 Å². The van der Waals surface area contributed by atoms with Crippen molar-refractivity contribution in [2.45, 2.75) is 160 Å². The number of aliphatic hydroxyl groups is 3. The number of Topliss-reactive ketones (excluding diaryl/α,β-unsaturated/α-hetero) is 1. The van der Waals surface area contributed by atoms with E-state index in [2.05, 4.69) is 12.2 Å². The van der Waals surface area contributed by atoms with Gasteiger partial charge in [-0.25, -0.2) is 9.59 Å². The number of hydrogen-bond acceptors (Lipinski definition) is 17. The van der Waals surface area contributed by atoms with Gasteiger partial charge in [0.25, 0.3) is 0 Å². The predicted molar refractivity (Wildman–Crippen MR) is 238 cm³/mol. The summed E-state index contributed by atoms with van der Waals surface area (Å²) in [5.74, 6) is -6.55. The van der Waals surface area contributed by atoms with Crippen molar-refractivity contribution >= 4 is 30.1 Å². The van der Waals surface area contributed by atoms with Crippen LogP contribution in [0.4, 0.5) is 4.79 Å². The number of nitrogens with one attached hydrogen (secondary N) is 1. The summed E-state index contributed by atoms with van der Waals surface area (Å²) in [5, 5.41) is 50.7. The number of carbonyl (C=O) groups excluding carboxylic acids is 5. The van der Waals surface area contributed by atoms with Gasteiger partial charge in [0, 0.05) is 42.9 Å². The number of nitro groups is 1. The molecule has 0 aromatic carbocycles. The van der Waals surface area contributed by atoms with Crippen LogP contribution in [0.5, 0.6) is 0 Å². The number of methoxy groups -OCH3 is 1. The van der Waals surface area contributed by atoms with Crippen molar-refractivity contribution in [3.63, 3.8) is 0 Å². The van der Waals surface area contributed by atoms with E-state index in [1.54, 1.807) is 26.8 Å². The highest BCUT2D eigenvalue weighted by Gasteiger charge is 2.65. The van der Waals surface area contributed by atoms with Crippen molar-refractivity contribution in [3.05, 3.63) is 69.0 Å². The molecule has 3 saturated heterocycles. The monoisotopic (exact) mass is 954 g/mol. The van der Waals surface area contributed by atoms with Gasteiger partial charge in [-0.05, 0) is 74.0 Å². The zero-order chi connectivity index (χ0) is 49.9. The van der Waals surface area contributed by atoms with Crippen LogP contribution in [0.3, 0.4) is 0 Å². The Balaban J connectivity index is 1.34. The van der Waals surface area contributed by atoms with Gasteiger partial charge in [-0.3, -0.25) is 24.5 Å². The highest BCUT2D eigenvalue weighted by molar-refractivity contribution is 6.26. The fourth-order valence-corrected chi connectivity index (χ4v) is 12.7. The first-order valence-corrected chi connectivity index (χ1v) is 23.5. The fraction of sp³-hybridized carbons (Fsp3) is 0.694. The van der Waals surface area contributed by atoms with Crippen LogP contribution in [0.25, 0.3) is 0 Å². The number of aliphatic hydroxyl groups excluding tert-OH is 3. The van der Waals surface area contributed by atoms with Crippen molar-refractivity contribution in [1.29, 1.82) is 0 Å². The van der Waals surface area contributed by atoms with E-state index in [4.69, 9.17) is 33.2 Å². The molecule has 3 aliphatic heterocycles. The first kappa shape index (κ1) is 51.1. The molecular formula is C49H66N2O17. The maximum absolute atomic E-state index is 15.3. The van der Waals surface area contributed by atoms with Gasteiger partial charge >= 0.3 is 18.0 Å². The van der Waals surface area contributed by atoms with E-state index < -0.39 is 154 Å². The van der Waals surface area contributed by atoms with E-state index >= 15 is 4.79 Å².